The van der Waals surface area contributed by atoms with Gasteiger partial charge in [-0.2, -0.15) is 0 Å². The van der Waals surface area contributed by atoms with Crippen LogP contribution in [0.3, 0.4) is 0 Å². The summed E-state index contributed by atoms with van der Waals surface area (Å²) in [4.78, 5) is 24.4. The first-order chi connectivity index (χ1) is 14.2. The Kier molecular flexibility index (Phi) is 5.96. The van der Waals surface area contributed by atoms with E-state index in [1.54, 1.807) is 20.8 Å². The van der Waals surface area contributed by atoms with Gasteiger partial charge in [0.2, 0.25) is 0 Å². The van der Waals surface area contributed by atoms with Crippen molar-refractivity contribution >= 4 is 11.9 Å². The quantitative estimate of drug-likeness (QED) is 0.460. The van der Waals surface area contributed by atoms with Crippen molar-refractivity contribution in [3.05, 3.63) is 23.3 Å². The molecule has 0 radical (unpaired) electrons. The lowest BCUT2D eigenvalue weighted by Crippen LogP contribution is -2.52. The fourth-order valence-electron chi connectivity index (χ4n) is 6.36. The zero-order valence-corrected chi connectivity index (χ0v) is 19.4. The highest BCUT2D eigenvalue weighted by Crippen LogP contribution is 2.64. The second-order valence-electron chi connectivity index (χ2n) is 10.4. The highest BCUT2D eigenvalue weighted by Gasteiger charge is 2.65. The molecule has 0 aromatic rings. The maximum absolute atomic E-state index is 12.2. The van der Waals surface area contributed by atoms with E-state index < -0.39 is 52.8 Å². The van der Waals surface area contributed by atoms with Crippen molar-refractivity contribution in [3.8, 4) is 0 Å². The van der Waals surface area contributed by atoms with Crippen LogP contribution in [0.4, 0.5) is 0 Å². The van der Waals surface area contributed by atoms with Gasteiger partial charge in [-0.1, -0.05) is 13.5 Å². The molecule has 3 N–H and O–H groups in total. The van der Waals surface area contributed by atoms with E-state index in [2.05, 4.69) is 6.58 Å². The highest BCUT2D eigenvalue weighted by molar-refractivity contribution is 5.68. The minimum Gasteiger partial charge on any atom is -0.458 e. The molecule has 0 aromatic carbocycles. The Morgan fingerprint density at radius 2 is 1.68 bits per heavy atom. The predicted octanol–water partition coefficient (Wildman–Crippen LogP) is 2.43. The fraction of sp³-hybridized carbons (Fsp3) is 0.750. The summed E-state index contributed by atoms with van der Waals surface area (Å²) in [6.45, 7) is 13.9. The van der Waals surface area contributed by atoms with Gasteiger partial charge < -0.3 is 24.8 Å². The van der Waals surface area contributed by atoms with Gasteiger partial charge >= 0.3 is 11.9 Å². The molecular formula is C24H36O7. The molecule has 0 spiro atoms. The lowest BCUT2D eigenvalue weighted by molar-refractivity contribution is -0.177. The van der Waals surface area contributed by atoms with Gasteiger partial charge in [0.25, 0.3) is 0 Å². The SMILES string of the molecule is C=C1[C@H]2C[C@]3(C(C)(C)O)C[C@H](O)C(C)=C3[C@@H](OC(C)=O)[C@H](OC(C)=O)[C@]2(C)CC[C@@H]1O. The number of carbonyl (C=O) groups excluding carboxylic acids is 2. The molecule has 2 fully saturated rings. The van der Waals surface area contributed by atoms with Crippen LogP contribution in [-0.2, 0) is 19.1 Å². The van der Waals surface area contributed by atoms with Crippen molar-refractivity contribution in [3.63, 3.8) is 0 Å². The molecule has 3 aliphatic rings. The Labute approximate surface area is 184 Å². The Hall–Kier alpha value is -1.70. The molecule has 3 rings (SSSR count). The third kappa shape index (κ3) is 3.64. The molecular weight excluding hydrogens is 400 g/mol. The number of hydrogen-bond acceptors (Lipinski definition) is 7. The van der Waals surface area contributed by atoms with Gasteiger partial charge in [-0.25, -0.2) is 0 Å². The van der Waals surface area contributed by atoms with Crippen LogP contribution in [0.2, 0.25) is 0 Å². The zero-order valence-electron chi connectivity index (χ0n) is 19.4. The Morgan fingerprint density at radius 3 is 2.19 bits per heavy atom. The van der Waals surface area contributed by atoms with Gasteiger partial charge in [0.1, 0.15) is 6.10 Å². The summed E-state index contributed by atoms with van der Waals surface area (Å²) in [6, 6.07) is 0. The van der Waals surface area contributed by atoms with Crippen LogP contribution < -0.4 is 0 Å². The summed E-state index contributed by atoms with van der Waals surface area (Å²) >= 11 is 0. The second-order valence-corrected chi connectivity index (χ2v) is 10.4. The normalized spacial score (nSPS) is 40.7. The average molecular weight is 437 g/mol. The van der Waals surface area contributed by atoms with Gasteiger partial charge in [0.05, 0.1) is 17.8 Å². The van der Waals surface area contributed by atoms with Gasteiger partial charge in [-0.3, -0.25) is 9.59 Å². The van der Waals surface area contributed by atoms with E-state index in [0.717, 1.165) is 0 Å². The molecule has 2 saturated carbocycles. The Balaban J connectivity index is 2.35. The predicted molar refractivity (Wildman–Crippen MR) is 114 cm³/mol. The Morgan fingerprint density at radius 1 is 1.10 bits per heavy atom. The van der Waals surface area contributed by atoms with Crippen molar-refractivity contribution in [2.75, 3.05) is 0 Å². The van der Waals surface area contributed by atoms with Crippen LogP contribution in [-0.4, -0.2) is 57.3 Å². The third-order valence-corrected chi connectivity index (χ3v) is 8.13. The minimum absolute atomic E-state index is 0.248. The average Bonchev–Trinajstić information content (AvgIpc) is 2.84. The van der Waals surface area contributed by atoms with Crippen LogP contribution in [0.5, 0.6) is 0 Å². The molecule has 0 bridgehead atoms. The molecule has 0 saturated heterocycles. The van der Waals surface area contributed by atoms with Crippen LogP contribution >= 0.6 is 0 Å². The fourth-order valence-corrected chi connectivity index (χ4v) is 6.36. The zero-order chi connectivity index (χ0) is 23.5. The van der Waals surface area contributed by atoms with E-state index in [0.29, 0.717) is 36.0 Å². The maximum atomic E-state index is 12.2. The number of carbonyl (C=O) groups is 2. The highest BCUT2D eigenvalue weighted by atomic mass is 16.6. The van der Waals surface area contributed by atoms with Crippen molar-refractivity contribution in [1.82, 2.24) is 0 Å². The molecule has 7 nitrogen and oxygen atoms in total. The number of hydrogen-bond donors (Lipinski definition) is 3. The van der Waals surface area contributed by atoms with Gasteiger partial charge in [0.15, 0.2) is 6.10 Å². The van der Waals surface area contributed by atoms with Crippen molar-refractivity contribution in [2.45, 2.75) is 97.2 Å². The van der Waals surface area contributed by atoms with E-state index in [1.165, 1.54) is 13.8 Å². The summed E-state index contributed by atoms with van der Waals surface area (Å²) in [5.41, 5.74) is -1.05. The summed E-state index contributed by atoms with van der Waals surface area (Å²) in [5.74, 6) is -1.36. The number of fused-ring (bicyclic) bond motifs is 2. The first-order valence-electron chi connectivity index (χ1n) is 11.0. The summed E-state index contributed by atoms with van der Waals surface area (Å²) < 4.78 is 11.7. The molecule has 0 unspecified atom stereocenters. The molecule has 3 aliphatic carbocycles. The molecule has 0 heterocycles. The van der Waals surface area contributed by atoms with Gasteiger partial charge in [0, 0.05) is 24.7 Å². The first kappa shape index (κ1) is 24.0. The maximum Gasteiger partial charge on any atom is 0.303 e. The van der Waals surface area contributed by atoms with E-state index in [-0.39, 0.29) is 12.3 Å². The number of esters is 2. The largest absolute Gasteiger partial charge is 0.458 e. The molecule has 0 aliphatic heterocycles. The van der Waals surface area contributed by atoms with Crippen LogP contribution in [0.1, 0.15) is 67.2 Å². The summed E-state index contributed by atoms with van der Waals surface area (Å²) in [7, 11) is 0. The van der Waals surface area contributed by atoms with Gasteiger partial charge in [-0.05, 0) is 69.1 Å². The molecule has 31 heavy (non-hydrogen) atoms. The first-order valence-corrected chi connectivity index (χ1v) is 11.0. The Bertz CT molecular complexity index is 822. The van der Waals surface area contributed by atoms with Crippen molar-refractivity contribution in [2.24, 2.45) is 16.7 Å². The van der Waals surface area contributed by atoms with E-state index >= 15 is 0 Å². The van der Waals surface area contributed by atoms with Crippen LogP contribution in [0.25, 0.3) is 0 Å². The molecule has 7 heteroatoms. The standard InChI is InChI=1S/C24H36O7/c1-12-16-10-24(22(5,6)29)11-18(28)13(2)19(24)20(30-14(3)25)21(31-15(4)26)23(16,7)9-8-17(12)27/h16-18,20-21,27-29H,1,8-11H2,2-7H3/t16-,17+,18+,20-,21+,23-,24+/m1/s1. The minimum atomic E-state index is -1.28. The third-order valence-electron chi connectivity index (χ3n) is 8.13. The number of ether oxygens (including phenoxy) is 2. The lowest BCUT2D eigenvalue weighted by atomic mass is 9.57. The van der Waals surface area contributed by atoms with Crippen molar-refractivity contribution in [1.29, 1.82) is 0 Å². The van der Waals surface area contributed by atoms with E-state index in [4.69, 9.17) is 9.47 Å². The van der Waals surface area contributed by atoms with E-state index in [1.807, 2.05) is 6.92 Å². The number of aliphatic hydroxyl groups is 3. The van der Waals surface area contributed by atoms with Crippen LogP contribution in [0.15, 0.2) is 23.3 Å². The van der Waals surface area contributed by atoms with Gasteiger partial charge in [-0.15, -0.1) is 0 Å². The van der Waals surface area contributed by atoms with E-state index in [9.17, 15) is 24.9 Å². The summed E-state index contributed by atoms with van der Waals surface area (Å²) in [5, 5.41) is 32.9. The number of aliphatic hydroxyl groups excluding tert-OH is 2. The van der Waals surface area contributed by atoms with Crippen LogP contribution in [0, 0.1) is 16.7 Å². The second kappa shape index (κ2) is 7.71. The number of rotatable bonds is 3. The summed E-state index contributed by atoms with van der Waals surface area (Å²) in [6.07, 6.45) is -1.72. The lowest BCUT2D eigenvalue weighted by Gasteiger charge is -2.50. The topological polar surface area (TPSA) is 113 Å². The smallest absolute Gasteiger partial charge is 0.303 e. The molecule has 0 aromatic heterocycles. The van der Waals surface area contributed by atoms with Crippen molar-refractivity contribution < 1.29 is 34.4 Å². The monoisotopic (exact) mass is 436 g/mol. The molecule has 0 amide bonds. The molecule has 174 valence electrons. The molecule has 7 atom stereocenters.